The van der Waals surface area contributed by atoms with E-state index in [1.54, 1.807) is 0 Å². The Morgan fingerprint density at radius 2 is 1.50 bits per heavy atom. The zero-order valence-electron chi connectivity index (χ0n) is 11.9. The largest absolute Gasteiger partial charge is 0.392 e. The fourth-order valence-corrected chi connectivity index (χ4v) is 2.83. The summed E-state index contributed by atoms with van der Waals surface area (Å²) in [5.41, 5.74) is 0.958. The van der Waals surface area contributed by atoms with Gasteiger partial charge >= 0.3 is 0 Å². The van der Waals surface area contributed by atoms with Gasteiger partial charge in [0.15, 0.2) is 0 Å². The first-order valence-corrected chi connectivity index (χ1v) is 7.90. The molecule has 5 heteroatoms. The molecule has 0 radical (unpaired) electrons. The Balaban J connectivity index is 1.79. The van der Waals surface area contributed by atoms with Crippen molar-refractivity contribution in [2.75, 3.05) is 39.3 Å². The molecule has 0 saturated carbocycles. The van der Waals surface area contributed by atoms with Crippen molar-refractivity contribution in [3.63, 3.8) is 0 Å². The lowest BCUT2D eigenvalue weighted by molar-refractivity contribution is 0.0526. The Morgan fingerprint density at radius 3 is 2.00 bits per heavy atom. The van der Waals surface area contributed by atoms with Crippen LogP contribution in [0.5, 0.6) is 0 Å². The van der Waals surface area contributed by atoms with E-state index in [4.69, 9.17) is 0 Å². The fourth-order valence-electron chi connectivity index (χ4n) is 2.56. The van der Waals surface area contributed by atoms with E-state index in [0.29, 0.717) is 6.54 Å². The van der Waals surface area contributed by atoms with Gasteiger partial charge in [0, 0.05) is 43.7 Å². The van der Waals surface area contributed by atoms with Crippen LogP contribution in [-0.4, -0.2) is 65.4 Å². The van der Waals surface area contributed by atoms with Gasteiger partial charge in [-0.1, -0.05) is 28.1 Å². The Labute approximate surface area is 129 Å². The number of rotatable bonds is 5. The number of halogens is 1. The van der Waals surface area contributed by atoms with Crippen molar-refractivity contribution in [2.24, 2.45) is 0 Å². The maximum Gasteiger partial charge on any atom is 0.0916 e. The van der Waals surface area contributed by atoms with Crippen molar-refractivity contribution in [3.05, 3.63) is 34.3 Å². The van der Waals surface area contributed by atoms with Crippen molar-refractivity contribution < 1.29 is 10.2 Å². The molecule has 1 aliphatic heterocycles. The van der Waals surface area contributed by atoms with E-state index < -0.39 is 6.10 Å². The fraction of sp³-hybridized carbons (Fsp3) is 0.600. The topological polar surface area (TPSA) is 46.9 Å². The first kappa shape index (κ1) is 15.9. The summed E-state index contributed by atoms with van der Waals surface area (Å²) < 4.78 is 1.03. The summed E-state index contributed by atoms with van der Waals surface area (Å²) in [7, 11) is 0. The van der Waals surface area contributed by atoms with E-state index in [9.17, 15) is 10.2 Å². The molecule has 2 atom stereocenters. The molecule has 1 aromatic rings. The number of aliphatic hydroxyl groups is 2. The molecular weight excluding hydrogens is 320 g/mol. The maximum atomic E-state index is 10.3. The second-order valence-corrected chi connectivity index (χ2v) is 6.43. The molecule has 1 fully saturated rings. The molecule has 0 amide bonds. The minimum Gasteiger partial charge on any atom is -0.392 e. The zero-order valence-corrected chi connectivity index (χ0v) is 13.5. The summed E-state index contributed by atoms with van der Waals surface area (Å²) in [4.78, 5) is 4.55. The minimum absolute atomic E-state index is 0.269. The van der Waals surface area contributed by atoms with E-state index >= 15 is 0 Å². The first-order chi connectivity index (χ1) is 9.54. The van der Waals surface area contributed by atoms with Gasteiger partial charge in [-0.2, -0.15) is 0 Å². The van der Waals surface area contributed by atoms with Crippen LogP contribution in [-0.2, 0) is 0 Å². The van der Waals surface area contributed by atoms with Gasteiger partial charge in [-0.15, -0.1) is 0 Å². The number of hydrogen-bond acceptors (Lipinski definition) is 4. The van der Waals surface area contributed by atoms with Gasteiger partial charge in [-0.3, -0.25) is 9.80 Å². The monoisotopic (exact) mass is 342 g/mol. The van der Waals surface area contributed by atoms with Gasteiger partial charge in [0.25, 0.3) is 0 Å². The summed E-state index contributed by atoms with van der Waals surface area (Å²) in [6.45, 7) is 7.04. The van der Waals surface area contributed by atoms with Crippen LogP contribution < -0.4 is 0 Å². The van der Waals surface area contributed by atoms with Crippen molar-refractivity contribution >= 4 is 15.9 Å². The quantitative estimate of drug-likeness (QED) is 0.850. The predicted molar refractivity (Wildman–Crippen MR) is 83.7 cm³/mol. The zero-order chi connectivity index (χ0) is 14.5. The number of piperazine rings is 1. The number of hydrogen-bond donors (Lipinski definition) is 2. The SMILES string of the molecule is C[C@H](O)CN1CCN(C[C@H](O)c2ccc(Br)cc2)CC1. The van der Waals surface area contributed by atoms with E-state index in [-0.39, 0.29) is 6.10 Å². The summed E-state index contributed by atoms with van der Waals surface area (Å²) in [5, 5.41) is 19.7. The van der Waals surface area contributed by atoms with Crippen LogP contribution in [0, 0.1) is 0 Å². The highest BCUT2D eigenvalue weighted by molar-refractivity contribution is 9.10. The highest BCUT2D eigenvalue weighted by Crippen LogP contribution is 2.18. The number of benzene rings is 1. The van der Waals surface area contributed by atoms with Crippen molar-refractivity contribution in [3.8, 4) is 0 Å². The van der Waals surface area contributed by atoms with Crippen LogP contribution in [0.25, 0.3) is 0 Å². The molecule has 0 aliphatic carbocycles. The van der Waals surface area contributed by atoms with Gasteiger partial charge in [-0.05, 0) is 24.6 Å². The molecule has 1 heterocycles. The van der Waals surface area contributed by atoms with E-state index in [0.717, 1.165) is 42.8 Å². The highest BCUT2D eigenvalue weighted by atomic mass is 79.9. The van der Waals surface area contributed by atoms with Crippen LogP contribution in [0.1, 0.15) is 18.6 Å². The molecule has 1 saturated heterocycles. The van der Waals surface area contributed by atoms with Crippen LogP contribution in [0.2, 0.25) is 0 Å². The van der Waals surface area contributed by atoms with Gasteiger partial charge in [0.1, 0.15) is 0 Å². The maximum absolute atomic E-state index is 10.3. The Hall–Kier alpha value is -0.460. The van der Waals surface area contributed by atoms with E-state index in [1.807, 2.05) is 31.2 Å². The third kappa shape index (κ3) is 4.82. The van der Waals surface area contributed by atoms with Crippen LogP contribution in [0.4, 0.5) is 0 Å². The lowest BCUT2D eigenvalue weighted by Crippen LogP contribution is -2.49. The number of β-amino-alcohol motifs (C(OH)–C–C–N with tert-alkyl or cyclic N) is 2. The summed E-state index contributed by atoms with van der Waals surface area (Å²) >= 11 is 3.40. The molecule has 4 nitrogen and oxygen atoms in total. The lowest BCUT2D eigenvalue weighted by Gasteiger charge is -2.36. The molecule has 0 aromatic heterocycles. The molecule has 0 bridgehead atoms. The normalized spacial score (nSPS) is 20.8. The summed E-state index contributed by atoms with van der Waals surface area (Å²) in [5.74, 6) is 0. The average molecular weight is 343 g/mol. The second-order valence-electron chi connectivity index (χ2n) is 5.52. The van der Waals surface area contributed by atoms with Gasteiger partial charge < -0.3 is 10.2 Å². The highest BCUT2D eigenvalue weighted by Gasteiger charge is 2.20. The lowest BCUT2D eigenvalue weighted by atomic mass is 10.1. The molecular formula is C15H23BrN2O2. The van der Waals surface area contributed by atoms with Gasteiger partial charge in [0.2, 0.25) is 0 Å². The predicted octanol–water partition coefficient (Wildman–Crippen LogP) is 1.48. The van der Waals surface area contributed by atoms with Crippen LogP contribution in [0.3, 0.4) is 0 Å². The van der Waals surface area contributed by atoms with E-state index in [2.05, 4.69) is 25.7 Å². The van der Waals surface area contributed by atoms with Crippen LogP contribution >= 0.6 is 15.9 Å². The third-order valence-electron chi connectivity index (χ3n) is 3.67. The molecule has 2 N–H and O–H groups in total. The van der Waals surface area contributed by atoms with Gasteiger partial charge in [-0.25, -0.2) is 0 Å². The molecule has 2 rings (SSSR count). The average Bonchev–Trinajstić information content (AvgIpc) is 2.41. The smallest absolute Gasteiger partial charge is 0.0916 e. The van der Waals surface area contributed by atoms with Crippen molar-refractivity contribution in [1.82, 2.24) is 9.80 Å². The Bertz CT molecular complexity index is 403. The second kappa shape index (κ2) is 7.52. The summed E-state index contributed by atoms with van der Waals surface area (Å²) in [6.07, 6.45) is -0.707. The minimum atomic E-state index is -0.439. The molecule has 0 unspecified atom stereocenters. The summed E-state index contributed by atoms with van der Waals surface area (Å²) in [6, 6.07) is 7.83. The van der Waals surface area contributed by atoms with Crippen molar-refractivity contribution in [1.29, 1.82) is 0 Å². The van der Waals surface area contributed by atoms with Gasteiger partial charge in [0.05, 0.1) is 12.2 Å². The van der Waals surface area contributed by atoms with Crippen molar-refractivity contribution in [2.45, 2.75) is 19.1 Å². The van der Waals surface area contributed by atoms with Crippen LogP contribution in [0.15, 0.2) is 28.7 Å². The third-order valence-corrected chi connectivity index (χ3v) is 4.20. The number of aliphatic hydroxyl groups excluding tert-OH is 2. The Kier molecular flexibility index (Phi) is 5.99. The van der Waals surface area contributed by atoms with E-state index in [1.165, 1.54) is 0 Å². The molecule has 1 aliphatic rings. The Morgan fingerprint density at radius 1 is 1.00 bits per heavy atom. The number of nitrogens with zero attached hydrogens (tertiary/aromatic N) is 2. The standard InChI is InChI=1S/C15H23BrN2O2/c1-12(19)10-17-6-8-18(9-7-17)11-15(20)13-2-4-14(16)5-3-13/h2-5,12,15,19-20H,6-11H2,1H3/t12-,15-/m0/s1. The molecule has 20 heavy (non-hydrogen) atoms. The first-order valence-electron chi connectivity index (χ1n) is 7.11. The molecule has 1 aromatic carbocycles. The molecule has 112 valence electrons. The molecule has 0 spiro atoms.